The third-order valence-corrected chi connectivity index (χ3v) is 6.55. The molecule has 1 aromatic heterocycles. The summed E-state index contributed by atoms with van der Waals surface area (Å²) >= 11 is 0. The Morgan fingerprint density at radius 3 is 2.34 bits per heavy atom. The third-order valence-electron chi connectivity index (χ3n) is 6.55. The van der Waals surface area contributed by atoms with Gasteiger partial charge < -0.3 is 4.42 Å². The summed E-state index contributed by atoms with van der Waals surface area (Å²) in [6.45, 7) is 6.78. The molecule has 1 aliphatic carbocycles. The largest absolute Gasteiger partial charge is 0.455 e. The number of benzene rings is 4. The first kappa shape index (κ1) is 16.6. The molecule has 29 heavy (non-hydrogen) atoms. The fourth-order valence-electron chi connectivity index (χ4n) is 5.01. The second-order valence-corrected chi connectivity index (χ2v) is 8.71. The molecule has 0 amide bonds. The number of hydrogen-bond acceptors (Lipinski definition) is 1. The summed E-state index contributed by atoms with van der Waals surface area (Å²) in [5, 5.41) is 2.37. The van der Waals surface area contributed by atoms with Crippen LogP contribution in [0.3, 0.4) is 0 Å². The Balaban J connectivity index is 1.60. The van der Waals surface area contributed by atoms with Crippen LogP contribution in [-0.2, 0) is 5.41 Å². The maximum absolute atomic E-state index is 6.33. The summed E-state index contributed by atoms with van der Waals surface area (Å²) in [7, 11) is 0. The zero-order valence-corrected chi connectivity index (χ0v) is 16.9. The van der Waals surface area contributed by atoms with Gasteiger partial charge in [0.15, 0.2) is 0 Å². The average molecular weight is 374 g/mol. The number of aryl methyl sites for hydroxylation is 1. The second kappa shape index (κ2) is 5.61. The highest BCUT2D eigenvalue weighted by atomic mass is 16.3. The standard InChI is InChI=1S/C28H22O/c1-17-11-14-26-23(15-17)22-9-6-8-19(27(22)29-26)18-12-13-21-20-7-4-5-10-24(20)28(2,3)25(21)16-18/h4-16H,1-3H3. The minimum Gasteiger partial charge on any atom is -0.455 e. The van der Waals surface area contributed by atoms with E-state index < -0.39 is 0 Å². The fourth-order valence-corrected chi connectivity index (χ4v) is 5.01. The van der Waals surface area contributed by atoms with Gasteiger partial charge in [-0.05, 0) is 52.9 Å². The summed E-state index contributed by atoms with van der Waals surface area (Å²) in [5.41, 5.74) is 11.1. The summed E-state index contributed by atoms with van der Waals surface area (Å²) in [6, 6.07) is 28.6. The van der Waals surface area contributed by atoms with Gasteiger partial charge in [-0.1, -0.05) is 80.1 Å². The SMILES string of the molecule is Cc1ccc2oc3c(-c4ccc5c(c4)C(C)(C)c4ccccc4-5)cccc3c2c1. The van der Waals surface area contributed by atoms with Crippen LogP contribution in [0.1, 0.15) is 30.5 Å². The van der Waals surface area contributed by atoms with E-state index in [-0.39, 0.29) is 5.41 Å². The lowest BCUT2D eigenvalue weighted by Gasteiger charge is -2.22. The summed E-state index contributed by atoms with van der Waals surface area (Å²) in [5.74, 6) is 0. The molecule has 0 saturated heterocycles. The molecule has 1 aliphatic rings. The van der Waals surface area contributed by atoms with Crippen LogP contribution in [0.2, 0.25) is 0 Å². The highest BCUT2D eigenvalue weighted by Gasteiger charge is 2.35. The van der Waals surface area contributed by atoms with Crippen molar-refractivity contribution in [1.82, 2.24) is 0 Å². The van der Waals surface area contributed by atoms with Crippen LogP contribution in [0.5, 0.6) is 0 Å². The number of para-hydroxylation sites is 1. The quantitative estimate of drug-likeness (QED) is 0.291. The second-order valence-electron chi connectivity index (χ2n) is 8.71. The normalized spacial score (nSPS) is 14.3. The predicted molar refractivity (Wildman–Crippen MR) is 121 cm³/mol. The van der Waals surface area contributed by atoms with Crippen molar-refractivity contribution in [2.24, 2.45) is 0 Å². The van der Waals surface area contributed by atoms with Crippen molar-refractivity contribution in [2.75, 3.05) is 0 Å². The van der Waals surface area contributed by atoms with Crippen LogP contribution in [0.15, 0.2) is 83.3 Å². The maximum Gasteiger partial charge on any atom is 0.143 e. The Morgan fingerprint density at radius 2 is 1.45 bits per heavy atom. The molecule has 140 valence electrons. The van der Waals surface area contributed by atoms with E-state index >= 15 is 0 Å². The molecule has 0 bridgehead atoms. The van der Waals surface area contributed by atoms with Crippen molar-refractivity contribution >= 4 is 21.9 Å². The van der Waals surface area contributed by atoms with Gasteiger partial charge >= 0.3 is 0 Å². The van der Waals surface area contributed by atoms with Gasteiger partial charge in [0.2, 0.25) is 0 Å². The average Bonchev–Trinajstić information content (AvgIpc) is 3.21. The van der Waals surface area contributed by atoms with E-state index in [4.69, 9.17) is 4.42 Å². The van der Waals surface area contributed by atoms with Crippen molar-refractivity contribution in [3.63, 3.8) is 0 Å². The van der Waals surface area contributed by atoms with Crippen LogP contribution in [0.4, 0.5) is 0 Å². The van der Waals surface area contributed by atoms with E-state index in [1.807, 2.05) is 0 Å². The minimum absolute atomic E-state index is 0.000816. The molecule has 1 heterocycles. The zero-order valence-electron chi connectivity index (χ0n) is 16.9. The Labute approximate surface area is 170 Å². The molecule has 0 unspecified atom stereocenters. The summed E-state index contributed by atoms with van der Waals surface area (Å²) < 4.78 is 6.33. The first-order chi connectivity index (χ1) is 14.0. The van der Waals surface area contributed by atoms with Gasteiger partial charge in [-0.25, -0.2) is 0 Å². The third kappa shape index (κ3) is 2.22. The van der Waals surface area contributed by atoms with Gasteiger partial charge in [-0.3, -0.25) is 0 Å². The van der Waals surface area contributed by atoms with Crippen molar-refractivity contribution in [2.45, 2.75) is 26.2 Å². The van der Waals surface area contributed by atoms with Crippen LogP contribution >= 0.6 is 0 Å². The van der Waals surface area contributed by atoms with Crippen molar-refractivity contribution in [1.29, 1.82) is 0 Å². The Morgan fingerprint density at radius 1 is 0.655 bits per heavy atom. The molecule has 0 radical (unpaired) electrons. The first-order valence-electron chi connectivity index (χ1n) is 10.2. The zero-order chi connectivity index (χ0) is 19.8. The van der Waals surface area contributed by atoms with Gasteiger partial charge in [0.05, 0.1) is 0 Å². The van der Waals surface area contributed by atoms with Gasteiger partial charge in [-0.2, -0.15) is 0 Å². The van der Waals surface area contributed by atoms with E-state index in [9.17, 15) is 0 Å². The molecule has 0 fully saturated rings. The molecule has 4 aromatic carbocycles. The minimum atomic E-state index is 0.000816. The molecule has 5 aromatic rings. The molecular formula is C28H22O. The van der Waals surface area contributed by atoms with Crippen LogP contribution in [-0.4, -0.2) is 0 Å². The molecule has 1 heteroatoms. The van der Waals surface area contributed by atoms with Crippen LogP contribution < -0.4 is 0 Å². The highest BCUT2D eigenvalue weighted by Crippen LogP contribution is 2.50. The Hall–Kier alpha value is -3.32. The van der Waals surface area contributed by atoms with Gasteiger partial charge in [-0.15, -0.1) is 0 Å². The van der Waals surface area contributed by atoms with Gasteiger partial charge in [0.1, 0.15) is 11.2 Å². The van der Waals surface area contributed by atoms with E-state index in [1.165, 1.54) is 44.2 Å². The van der Waals surface area contributed by atoms with E-state index in [2.05, 4.69) is 99.6 Å². The molecule has 1 nitrogen and oxygen atoms in total. The van der Waals surface area contributed by atoms with E-state index in [0.29, 0.717) is 0 Å². The van der Waals surface area contributed by atoms with Crippen molar-refractivity contribution in [3.05, 3.63) is 95.6 Å². The van der Waals surface area contributed by atoms with E-state index in [1.54, 1.807) is 0 Å². The van der Waals surface area contributed by atoms with Crippen molar-refractivity contribution < 1.29 is 4.42 Å². The molecule has 6 rings (SSSR count). The topological polar surface area (TPSA) is 13.1 Å². The summed E-state index contributed by atoms with van der Waals surface area (Å²) in [4.78, 5) is 0. The van der Waals surface area contributed by atoms with Crippen LogP contribution in [0, 0.1) is 6.92 Å². The molecule has 0 atom stereocenters. The lowest BCUT2D eigenvalue weighted by molar-refractivity contribution is 0.660. The fraction of sp³-hybridized carbons (Fsp3) is 0.143. The molecule has 0 N–H and O–H groups in total. The van der Waals surface area contributed by atoms with Gasteiger partial charge in [0, 0.05) is 21.8 Å². The monoisotopic (exact) mass is 374 g/mol. The Kier molecular flexibility index (Phi) is 3.21. The number of fused-ring (bicyclic) bond motifs is 6. The summed E-state index contributed by atoms with van der Waals surface area (Å²) in [6.07, 6.45) is 0. The lowest BCUT2D eigenvalue weighted by Crippen LogP contribution is -2.14. The Bertz CT molecular complexity index is 1430. The smallest absolute Gasteiger partial charge is 0.143 e. The number of furan rings is 1. The molecule has 0 spiro atoms. The van der Waals surface area contributed by atoms with Crippen LogP contribution in [0.25, 0.3) is 44.2 Å². The maximum atomic E-state index is 6.33. The number of rotatable bonds is 1. The van der Waals surface area contributed by atoms with E-state index in [0.717, 1.165) is 16.7 Å². The lowest BCUT2D eigenvalue weighted by atomic mass is 9.81. The molecule has 0 aliphatic heterocycles. The van der Waals surface area contributed by atoms with Crippen molar-refractivity contribution in [3.8, 4) is 22.3 Å². The predicted octanol–water partition coefficient (Wildman–Crippen LogP) is 7.87. The van der Waals surface area contributed by atoms with Gasteiger partial charge in [0.25, 0.3) is 0 Å². The molecular weight excluding hydrogens is 352 g/mol. The highest BCUT2D eigenvalue weighted by molar-refractivity contribution is 6.09. The number of hydrogen-bond donors (Lipinski definition) is 0. The first-order valence-corrected chi connectivity index (χ1v) is 10.2. The molecule has 0 saturated carbocycles.